The Labute approximate surface area is 133 Å². The fraction of sp³-hybridized carbons (Fsp3) is 0.312. The number of carbonyl (C=O) groups excluding carboxylic acids is 3. The van der Waals surface area contributed by atoms with Crippen molar-refractivity contribution < 1.29 is 23.9 Å². The average Bonchev–Trinajstić information content (AvgIpc) is 2.53. The van der Waals surface area contributed by atoms with Crippen molar-refractivity contribution in [2.24, 2.45) is 0 Å². The monoisotopic (exact) mass is 318 g/mol. The zero-order valence-electron chi connectivity index (χ0n) is 13.0. The van der Waals surface area contributed by atoms with Gasteiger partial charge in [-0.05, 0) is 25.5 Å². The van der Waals surface area contributed by atoms with E-state index in [-0.39, 0.29) is 31.0 Å². The molecule has 23 heavy (non-hydrogen) atoms. The lowest BCUT2D eigenvalue weighted by molar-refractivity contribution is -0.138. The smallest absolute Gasteiger partial charge is 0.338 e. The van der Waals surface area contributed by atoms with Crippen LogP contribution in [0.15, 0.2) is 35.5 Å². The van der Waals surface area contributed by atoms with Crippen LogP contribution in [-0.4, -0.2) is 37.7 Å². The normalized spacial score (nSPS) is 13.9. The minimum absolute atomic E-state index is 0.0297. The van der Waals surface area contributed by atoms with Crippen LogP contribution in [0.2, 0.25) is 0 Å². The number of nitrogens with one attached hydrogen (secondary N) is 2. The van der Waals surface area contributed by atoms with E-state index in [0.29, 0.717) is 5.56 Å². The van der Waals surface area contributed by atoms with Crippen molar-refractivity contribution in [3.05, 3.63) is 46.7 Å². The van der Waals surface area contributed by atoms with Crippen LogP contribution in [0, 0.1) is 6.92 Å². The van der Waals surface area contributed by atoms with E-state index in [1.165, 1.54) is 0 Å². The number of aryl methyl sites for hydroxylation is 1. The van der Waals surface area contributed by atoms with Gasteiger partial charge in [-0.25, -0.2) is 14.4 Å². The second-order valence-electron chi connectivity index (χ2n) is 4.88. The highest BCUT2D eigenvalue weighted by atomic mass is 16.5. The first kappa shape index (κ1) is 16.5. The van der Waals surface area contributed by atoms with Gasteiger partial charge in [-0.3, -0.25) is 0 Å². The molecule has 0 saturated carbocycles. The molecule has 0 fully saturated rings. The molecule has 0 saturated heterocycles. The van der Waals surface area contributed by atoms with Crippen molar-refractivity contribution in [2.75, 3.05) is 19.8 Å². The lowest BCUT2D eigenvalue weighted by Crippen LogP contribution is -2.45. The van der Waals surface area contributed by atoms with Crippen LogP contribution < -0.4 is 10.6 Å². The third-order valence-electron chi connectivity index (χ3n) is 3.29. The van der Waals surface area contributed by atoms with Crippen molar-refractivity contribution >= 4 is 18.0 Å². The van der Waals surface area contributed by atoms with Crippen molar-refractivity contribution in [3.8, 4) is 0 Å². The van der Waals surface area contributed by atoms with Gasteiger partial charge in [-0.15, -0.1) is 0 Å². The van der Waals surface area contributed by atoms with E-state index in [0.717, 1.165) is 5.56 Å². The second-order valence-corrected chi connectivity index (χ2v) is 4.88. The highest BCUT2D eigenvalue weighted by Crippen LogP contribution is 2.12. The summed E-state index contributed by atoms with van der Waals surface area (Å²) in [4.78, 5) is 35.4. The zero-order valence-corrected chi connectivity index (χ0v) is 13.0. The molecule has 2 N–H and O–H groups in total. The first-order valence-electron chi connectivity index (χ1n) is 7.19. The second kappa shape index (κ2) is 7.44. The SMILES string of the molecule is CCOC(=O)C1=C(COC(=O)c2ccccc2C)NC(=O)NC1. The minimum Gasteiger partial charge on any atom is -0.463 e. The maximum atomic E-state index is 12.1. The molecule has 122 valence electrons. The van der Waals surface area contributed by atoms with Crippen molar-refractivity contribution in [3.63, 3.8) is 0 Å². The predicted molar refractivity (Wildman–Crippen MR) is 81.7 cm³/mol. The molecule has 7 nitrogen and oxygen atoms in total. The Morgan fingerprint density at radius 2 is 1.91 bits per heavy atom. The summed E-state index contributed by atoms with van der Waals surface area (Å²) in [6, 6.07) is 6.55. The maximum Gasteiger partial charge on any atom is 0.338 e. The summed E-state index contributed by atoms with van der Waals surface area (Å²) in [5.74, 6) is -1.08. The number of esters is 2. The van der Waals surface area contributed by atoms with Gasteiger partial charge in [0.2, 0.25) is 0 Å². The van der Waals surface area contributed by atoms with E-state index in [9.17, 15) is 14.4 Å². The quantitative estimate of drug-likeness (QED) is 0.798. The van der Waals surface area contributed by atoms with Crippen molar-refractivity contribution in [1.82, 2.24) is 10.6 Å². The number of rotatable bonds is 5. The van der Waals surface area contributed by atoms with Gasteiger partial charge in [-0.1, -0.05) is 18.2 Å². The topological polar surface area (TPSA) is 93.7 Å². The van der Waals surface area contributed by atoms with Crippen LogP contribution in [0.3, 0.4) is 0 Å². The van der Waals surface area contributed by atoms with E-state index in [1.807, 2.05) is 6.07 Å². The highest BCUT2D eigenvalue weighted by Gasteiger charge is 2.24. The van der Waals surface area contributed by atoms with E-state index in [4.69, 9.17) is 9.47 Å². The molecule has 0 bridgehead atoms. The molecule has 0 unspecified atom stereocenters. The molecule has 1 aromatic rings. The average molecular weight is 318 g/mol. The summed E-state index contributed by atoms with van der Waals surface area (Å²) in [6.45, 7) is 3.51. The van der Waals surface area contributed by atoms with E-state index in [1.54, 1.807) is 32.0 Å². The van der Waals surface area contributed by atoms with Gasteiger partial charge in [0.15, 0.2) is 0 Å². The number of benzene rings is 1. The third kappa shape index (κ3) is 4.09. The molecule has 0 aliphatic carbocycles. The fourth-order valence-electron chi connectivity index (χ4n) is 2.09. The number of urea groups is 1. The fourth-order valence-corrected chi connectivity index (χ4v) is 2.09. The van der Waals surface area contributed by atoms with Gasteiger partial charge in [0.05, 0.1) is 30.0 Å². The van der Waals surface area contributed by atoms with Gasteiger partial charge >= 0.3 is 18.0 Å². The van der Waals surface area contributed by atoms with Gasteiger partial charge in [0.1, 0.15) is 6.61 Å². The Bertz CT molecular complexity index is 666. The number of hydrogen-bond acceptors (Lipinski definition) is 5. The number of ether oxygens (including phenoxy) is 2. The van der Waals surface area contributed by atoms with Crippen LogP contribution in [0.5, 0.6) is 0 Å². The summed E-state index contributed by atoms with van der Waals surface area (Å²) in [7, 11) is 0. The van der Waals surface area contributed by atoms with Crippen LogP contribution in [-0.2, 0) is 14.3 Å². The molecule has 7 heteroatoms. The molecular formula is C16H18N2O5. The molecule has 1 aromatic carbocycles. The number of amides is 2. The van der Waals surface area contributed by atoms with E-state index < -0.39 is 18.0 Å². The Kier molecular flexibility index (Phi) is 5.35. The van der Waals surface area contributed by atoms with Gasteiger partial charge < -0.3 is 20.1 Å². The van der Waals surface area contributed by atoms with Crippen LogP contribution in [0.25, 0.3) is 0 Å². The van der Waals surface area contributed by atoms with Crippen molar-refractivity contribution in [2.45, 2.75) is 13.8 Å². The molecule has 0 spiro atoms. The van der Waals surface area contributed by atoms with Gasteiger partial charge in [0.25, 0.3) is 0 Å². The molecule has 0 aromatic heterocycles. The van der Waals surface area contributed by atoms with Gasteiger partial charge in [-0.2, -0.15) is 0 Å². The zero-order chi connectivity index (χ0) is 16.8. The van der Waals surface area contributed by atoms with Crippen LogP contribution >= 0.6 is 0 Å². The van der Waals surface area contributed by atoms with Gasteiger partial charge in [0, 0.05) is 0 Å². The molecular weight excluding hydrogens is 300 g/mol. The lowest BCUT2D eigenvalue weighted by Gasteiger charge is -2.21. The summed E-state index contributed by atoms with van der Waals surface area (Å²) in [6.07, 6.45) is 0. The summed E-state index contributed by atoms with van der Waals surface area (Å²) in [5, 5.41) is 4.96. The Balaban J connectivity index is 2.12. The minimum atomic E-state index is -0.554. The predicted octanol–water partition coefficient (Wildman–Crippen LogP) is 1.28. The Morgan fingerprint density at radius 1 is 1.17 bits per heavy atom. The Hall–Kier alpha value is -2.83. The maximum absolute atomic E-state index is 12.1. The first-order valence-corrected chi connectivity index (χ1v) is 7.19. The lowest BCUT2D eigenvalue weighted by atomic mass is 10.1. The van der Waals surface area contributed by atoms with Crippen LogP contribution in [0.1, 0.15) is 22.8 Å². The van der Waals surface area contributed by atoms with Crippen molar-refractivity contribution in [1.29, 1.82) is 0 Å². The first-order chi connectivity index (χ1) is 11.0. The molecule has 1 aliphatic rings. The standard InChI is InChI=1S/C16H18N2O5/c1-3-22-15(20)12-8-17-16(21)18-13(12)9-23-14(19)11-7-5-4-6-10(11)2/h4-7H,3,8-9H2,1-2H3,(H2,17,18,21). The van der Waals surface area contributed by atoms with E-state index in [2.05, 4.69) is 10.6 Å². The number of hydrogen-bond donors (Lipinski definition) is 2. The van der Waals surface area contributed by atoms with Crippen LogP contribution in [0.4, 0.5) is 4.79 Å². The largest absolute Gasteiger partial charge is 0.463 e. The molecule has 2 rings (SSSR count). The number of carbonyl (C=O) groups is 3. The summed E-state index contributed by atoms with van der Waals surface area (Å²) < 4.78 is 10.1. The molecule has 0 atom stereocenters. The molecule has 2 amide bonds. The Morgan fingerprint density at radius 3 is 2.61 bits per heavy atom. The third-order valence-corrected chi connectivity index (χ3v) is 3.29. The summed E-state index contributed by atoms with van der Waals surface area (Å²) in [5.41, 5.74) is 1.69. The summed E-state index contributed by atoms with van der Waals surface area (Å²) >= 11 is 0. The highest BCUT2D eigenvalue weighted by molar-refractivity contribution is 5.94. The molecule has 1 heterocycles. The molecule has 1 aliphatic heterocycles. The molecule has 0 radical (unpaired) electrons. The van der Waals surface area contributed by atoms with E-state index >= 15 is 0 Å².